The maximum atomic E-state index is 6.34. The highest BCUT2D eigenvalue weighted by atomic mass is 16.5. The summed E-state index contributed by atoms with van der Waals surface area (Å²) in [6.45, 7) is 9.72. The fourth-order valence-corrected chi connectivity index (χ4v) is 3.28. The van der Waals surface area contributed by atoms with Crippen molar-refractivity contribution in [3.8, 4) is 11.5 Å². The summed E-state index contributed by atoms with van der Waals surface area (Å²) in [6.07, 6.45) is 2.05. The standard InChI is InChI=1S/C18H27NO3/c1-4-20-17-10-18(7-8-19-12-18)22-16-6-5-14(9-15(16)17)21-11-13(2)3/h5-6,9,13,17,19H,4,7-8,10-12H2,1-3H3. The molecular formula is C18H27NO3. The van der Waals surface area contributed by atoms with Crippen LogP contribution < -0.4 is 14.8 Å². The van der Waals surface area contributed by atoms with Gasteiger partial charge in [0.1, 0.15) is 17.1 Å². The molecule has 2 unspecified atom stereocenters. The molecular weight excluding hydrogens is 278 g/mol. The smallest absolute Gasteiger partial charge is 0.126 e. The van der Waals surface area contributed by atoms with Gasteiger partial charge in [-0.05, 0) is 37.6 Å². The number of hydrogen-bond acceptors (Lipinski definition) is 4. The Morgan fingerprint density at radius 3 is 2.95 bits per heavy atom. The molecule has 0 bridgehead atoms. The quantitative estimate of drug-likeness (QED) is 0.906. The van der Waals surface area contributed by atoms with Crippen LogP contribution in [0.1, 0.15) is 45.3 Å². The largest absolute Gasteiger partial charge is 0.493 e. The molecule has 2 aliphatic heterocycles. The van der Waals surface area contributed by atoms with E-state index in [0.29, 0.717) is 12.5 Å². The minimum atomic E-state index is -0.104. The van der Waals surface area contributed by atoms with Crippen molar-refractivity contribution >= 4 is 0 Å². The molecule has 1 fully saturated rings. The molecule has 1 spiro atoms. The highest BCUT2D eigenvalue weighted by molar-refractivity contribution is 5.44. The van der Waals surface area contributed by atoms with E-state index in [1.807, 2.05) is 19.1 Å². The topological polar surface area (TPSA) is 39.7 Å². The van der Waals surface area contributed by atoms with Crippen LogP contribution >= 0.6 is 0 Å². The number of fused-ring (bicyclic) bond motifs is 1. The average Bonchev–Trinajstić information content (AvgIpc) is 2.93. The number of benzene rings is 1. The van der Waals surface area contributed by atoms with Crippen molar-refractivity contribution in [3.05, 3.63) is 23.8 Å². The average molecular weight is 305 g/mol. The monoisotopic (exact) mass is 305 g/mol. The molecule has 4 nitrogen and oxygen atoms in total. The van der Waals surface area contributed by atoms with E-state index in [0.717, 1.165) is 49.6 Å². The lowest BCUT2D eigenvalue weighted by atomic mass is 9.88. The Balaban J connectivity index is 1.84. The SMILES string of the molecule is CCOC1CC2(CCNC2)Oc2ccc(OCC(C)C)cc21. The summed E-state index contributed by atoms with van der Waals surface area (Å²) in [7, 11) is 0. The zero-order valence-corrected chi connectivity index (χ0v) is 13.9. The molecule has 2 aliphatic rings. The van der Waals surface area contributed by atoms with E-state index in [1.165, 1.54) is 0 Å². The summed E-state index contributed by atoms with van der Waals surface area (Å²) >= 11 is 0. The van der Waals surface area contributed by atoms with E-state index in [4.69, 9.17) is 14.2 Å². The number of nitrogens with one attached hydrogen (secondary N) is 1. The van der Waals surface area contributed by atoms with Gasteiger partial charge >= 0.3 is 0 Å². The van der Waals surface area contributed by atoms with Crippen LogP contribution in [0.25, 0.3) is 0 Å². The summed E-state index contributed by atoms with van der Waals surface area (Å²) in [5.74, 6) is 2.37. The van der Waals surface area contributed by atoms with Crippen LogP contribution in [0.4, 0.5) is 0 Å². The molecule has 2 atom stereocenters. The zero-order chi connectivity index (χ0) is 15.6. The number of ether oxygens (including phenoxy) is 3. The third kappa shape index (κ3) is 3.23. The highest BCUT2D eigenvalue weighted by Crippen LogP contribution is 2.45. The zero-order valence-electron chi connectivity index (χ0n) is 13.9. The Labute approximate surface area is 133 Å². The molecule has 0 aromatic heterocycles. The van der Waals surface area contributed by atoms with E-state index in [9.17, 15) is 0 Å². The molecule has 3 rings (SSSR count). The second-order valence-corrected chi connectivity index (χ2v) is 6.76. The Kier molecular flexibility index (Phi) is 4.59. The molecule has 0 saturated carbocycles. The van der Waals surface area contributed by atoms with Gasteiger partial charge in [-0.3, -0.25) is 0 Å². The predicted molar refractivity (Wildman–Crippen MR) is 86.6 cm³/mol. The number of hydrogen-bond donors (Lipinski definition) is 1. The van der Waals surface area contributed by atoms with Gasteiger partial charge in [-0.2, -0.15) is 0 Å². The Morgan fingerprint density at radius 1 is 1.41 bits per heavy atom. The van der Waals surface area contributed by atoms with Gasteiger partial charge in [0.05, 0.1) is 12.7 Å². The maximum Gasteiger partial charge on any atom is 0.126 e. The molecule has 122 valence electrons. The molecule has 4 heteroatoms. The molecule has 0 aliphatic carbocycles. The van der Waals surface area contributed by atoms with Crippen molar-refractivity contribution in [3.63, 3.8) is 0 Å². The second-order valence-electron chi connectivity index (χ2n) is 6.76. The van der Waals surface area contributed by atoms with Crippen LogP contribution in [0.2, 0.25) is 0 Å². The van der Waals surface area contributed by atoms with Crippen LogP contribution in [0, 0.1) is 5.92 Å². The molecule has 0 amide bonds. The van der Waals surface area contributed by atoms with E-state index in [-0.39, 0.29) is 11.7 Å². The summed E-state index contributed by atoms with van der Waals surface area (Å²) < 4.78 is 18.2. The van der Waals surface area contributed by atoms with Crippen LogP contribution in [0.15, 0.2) is 18.2 Å². The third-order valence-electron chi connectivity index (χ3n) is 4.37. The first-order valence-corrected chi connectivity index (χ1v) is 8.40. The predicted octanol–water partition coefficient (Wildman–Crippen LogP) is 3.31. The molecule has 1 aromatic rings. The van der Waals surface area contributed by atoms with Crippen molar-refractivity contribution in [2.45, 2.75) is 45.3 Å². The van der Waals surface area contributed by atoms with E-state index >= 15 is 0 Å². The Bertz CT molecular complexity index is 509. The van der Waals surface area contributed by atoms with Crippen molar-refractivity contribution in [1.82, 2.24) is 5.32 Å². The molecule has 1 aromatic carbocycles. The van der Waals surface area contributed by atoms with Gasteiger partial charge in [0.25, 0.3) is 0 Å². The van der Waals surface area contributed by atoms with Gasteiger partial charge in [-0.15, -0.1) is 0 Å². The van der Waals surface area contributed by atoms with Crippen LogP contribution in [-0.4, -0.2) is 31.9 Å². The summed E-state index contributed by atoms with van der Waals surface area (Å²) in [5.41, 5.74) is 1.02. The fraction of sp³-hybridized carbons (Fsp3) is 0.667. The van der Waals surface area contributed by atoms with Gasteiger partial charge < -0.3 is 19.5 Å². The lowest BCUT2D eigenvalue weighted by molar-refractivity contribution is -0.0355. The van der Waals surface area contributed by atoms with Crippen molar-refractivity contribution < 1.29 is 14.2 Å². The lowest BCUT2D eigenvalue weighted by Gasteiger charge is -2.39. The van der Waals surface area contributed by atoms with Crippen LogP contribution in [0.5, 0.6) is 11.5 Å². The summed E-state index contributed by atoms with van der Waals surface area (Å²) in [5, 5.41) is 3.42. The molecule has 1 N–H and O–H groups in total. The summed E-state index contributed by atoms with van der Waals surface area (Å²) in [4.78, 5) is 0. The summed E-state index contributed by atoms with van der Waals surface area (Å²) in [6, 6.07) is 6.13. The minimum Gasteiger partial charge on any atom is -0.493 e. The minimum absolute atomic E-state index is 0.0937. The Hall–Kier alpha value is -1.26. The second kappa shape index (κ2) is 6.47. The van der Waals surface area contributed by atoms with Gasteiger partial charge in [-0.25, -0.2) is 0 Å². The normalized spacial score (nSPS) is 27.0. The molecule has 2 heterocycles. The Morgan fingerprint density at radius 2 is 2.27 bits per heavy atom. The first kappa shape index (κ1) is 15.6. The molecule has 22 heavy (non-hydrogen) atoms. The van der Waals surface area contributed by atoms with Crippen molar-refractivity contribution in [2.24, 2.45) is 5.92 Å². The lowest BCUT2D eigenvalue weighted by Crippen LogP contribution is -2.43. The third-order valence-corrected chi connectivity index (χ3v) is 4.37. The number of rotatable bonds is 5. The maximum absolute atomic E-state index is 6.34. The fourth-order valence-electron chi connectivity index (χ4n) is 3.28. The van der Waals surface area contributed by atoms with Gasteiger partial charge in [-0.1, -0.05) is 13.8 Å². The van der Waals surface area contributed by atoms with Crippen LogP contribution in [0.3, 0.4) is 0 Å². The first-order valence-electron chi connectivity index (χ1n) is 8.40. The highest BCUT2D eigenvalue weighted by Gasteiger charge is 2.43. The van der Waals surface area contributed by atoms with Gasteiger partial charge in [0.15, 0.2) is 0 Å². The molecule has 0 radical (unpaired) electrons. The van der Waals surface area contributed by atoms with Crippen molar-refractivity contribution in [1.29, 1.82) is 0 Å². The van der Waals surface area contributed by atoms with E-state index in [1.54, 1.807) is 0 Å². The van der Waals surface area contributed by atoms with Gasteiger partial charge in [0, 0.05) is 31.6 Å². The van der Waals surface area contributed by atoms with Crippen LogP contribution in [-0.2, 0) is 4.74 Å². The van der Waals surface area contributed by atoms with Gasteiger partial charge in [0.2, 0.25) is 0 Å². The van der Waals surface area contributed by atoms with E-state index < -0.39 is 0 Å². The van der Waals surface area contributed by atoms with Crippen molar-refractivity contribution in [2.75, 3.05) is 26.3 Å². The first-order chi connectivity index (χ1) is 10.6. The molecule has 1 saturated heterocycles. The van der Waals surface area contributed by atoms with E-state index in [2.05, 4.69) is 25.2 Å².